The van der Waals surface area contributed by atoms with Crippen molar-refractivity contribution in [3.05, 3.63) is 53.9 Å². The van der Waals surface area contributed by atoms with Crippen molar-refractivity contribution in [2.75, 3.05) is 27.3 Å². The van der Waals surface area contributed by atoms with Crippen molar-refractivity contribution >= 4 is 16.7 Å². The van der Waals surface area contributed by atoms with Crippen LogP contribution in [0, 0.1) is 0 Å². The van der Waals surface area contributed by atoms with Crippen molar-refractivity contribution < 1.29 is 23.5 Å². The number of fused-ring (bicyclic) bond motifs is 1. The first-order valence-electron chi connectivity index (χ1n) is 9.66. The quantitative estimate of drug-likeness (QED) is 0.633. The Hall–Kier alpha value is -3.06. The first-order chi connectivity index (χ1) is 14.2. The second kappa shape index (κ2) is 8.53. The molecule has 1 amide bonds. The molecule has 1 aromatic heterocycles. The zero-order chi connectivity index (χ0) is 20.2. The minimum absolute atomic E-state index is 0.0748. The summed E-state index contributed by atoms with van der Waals surface area (Å²) >= 11 is 0. The molecule has 3 aromatic rings. The Kier molecular flexibility index (Phi) is 5.67. The number of likely N-dealkylation sites (tertiary alicyclic amines) is 1. The molecule has 0 spiro atoms. The lowest BCUT2D eigenvalue weighted by Gasteiger charge is -2.31. The van der Waals surface area contributed by atoms with E-state index < -0.39 is 0 Å². The Morgan fingerprint density at radius 1 is 1.17 bits per heavy atom. The number of carbonyl (C=O) groups excluding carboxylic acids is 1. The van der Waals surface area contributed by atoms with Gasteiger partial charge in [0, 0.05) is 37.0 Å². The van der Waals surface area contributed by atoms with Crippen LogP contribution < -0.4 is 9.47 Å². The van der Waals surface area contributed by atoms with E-state index in [2.05, 4.69) is 5.16 Å². The predicted molar refractivity (Wildman–Crippen MR) is 107 cm³/mol. The highest BCUT2D eigenvalue weighted by atomic mass is 16.5. The summed E-state index contributed by atoms with van der Waals surface area (Å²) < 4.78 is 22.1. The van der Waals surface area contributed by atoms with Crippen LogP contribution in [0.25, 0.3) is 10.8 Å². The number of ether oxygens (including phenoxy) is 3. The van der Waals surface area contributed by atoms with Crippen molar-refractivity contribution in [2.45, 2.75) is 25.6 Å². The van der Waals surface area contributed by atoms with Gasteiger partial charge in [-0.15, -0.1) is 0 Å². The van der Waals surface area contributed by atoms with Gasteiger partial charge in [-0.1, -0.05) is 29.4 Å². The number of rotatable bonds is 6. The number of benzene rings is 2. The van der Waals surface area contributed by atoms with Gasteiger partial charge in [0.25, 0.3) is 5.91 Å². The van der Waals surface area contributed by atoms with Crippen LogP contribution in [0.3, 0.4) is 0 Å². The number of carbonyl (C=O) groups is 1. The van der Waals surface area contributed by atoms with E-state index in [1.54, 1.807) is 25.2 Å². The van der Waals surface area contributed by atoms with Crippen molar-refractivity contribution in [3.8, 4) is 11.5 Å². The SMILES string of the molecule is COc1ccc(OCc2cc(C(=O)N3CCCC(OC)C3)no2)c2ccccc12. The predicted octanol–water partition coefficient (Wildman–Crippen LogP) is 3.67. The summed E-state index contributed by atoms with van der Waals surface area (Å²) in [7, 11) is 3.32. The molecule has 1 aliphatic rings. The first-order valence-corrected chi connectivity index (χ1v) is 9.66. The monoisotopic (exact) mass is 396 g/mol. The van der Waals surface area contributed by atoms with E-state index in [0.29, 0.717) is 30.3 Å². The molecule has 152 valence electrons. The molecule has 1 saturated heterocycles. The molecule has 0 bridgehead atoms. The van der Waals surface area contributed by atoms with Crippen LogP contribution in [0.2, 0.25) is 0 Å². The van der Waals surface area contributed by atoms with Gasteiger partial charge in [-0.2, -0.15) is 0 Å². The van der Waals surface area contributed by atoms with E-state index in [9.17, 15) is 4.79 Å². The average Bonchev–Trinajstić information content (AvgIpc) is 3.26. The number of methoxy groups -OCH3 is 2. The molecule has 4 rings (SSSR count). The molecule has 2 aromatic carbocycles. The summed E-state index contributed by atoms with van der Waals surface area (Å²) in [4.78, 5) is 14.4. The molecule has 0 aliphatic carbocycles. The molecule has 1 unspecified atom stereocenters. The van der Waals surface area contributed by atoms with Crippen molar-refractivity contribution in [1.29, 1.82) is 0 Å². The summed E-state index contributed by atoms with van der Waals surface area (Å²) in [6, 6.07) is 13.2. The number of amides is 1. The lowest BCUT2D eigenvalue weighted by molar-refractivity contribution is 0.0263. The maximum Gasteiger partial charge on any atom is 0.276 e. The zero-order valence-corrected chi connectivity index (χ0v) is 16.6. The second-order valence-electron chi connectivity index (χ2n) is 7.03. The van der Waals surface area contributed by atoms with E-state index in [-0.39, 0.29) is 18.6 Å². The Labute approximate surface area is 169 Å². The van der Waals surface area contributed by atoms with Gasteiger partial charge in [-0.25, -0.2) is 0 Å². The fourth-order valence-electron chi connectivity index (χ4n) is 3.66. The van der Waals surface area contributed by atoms with E-state index >= 15 is 0 Å². The standard InChI is InChI=1S/C22H24N2O5/c1-26-15-6-5-11-24(13-15)22(25)19-12-16(29-23-19)14-28-21-10-9-20(27-2)17-7-3-4-8-18(17)21/h3-4,7-10,12,15H,5-6,11,13-14H2,1-2H3. The Bertz CT molecular complexity index is 1000. The van der Waals surface area contributed by atoms with Gasteiger partial charge in [-0.05, 0) is 25.0 Å². The summed E-state index contributed by atoms with van der Waals surface area (Å²) in [5.74, 6) is 1.85. The van der Waals surface area contributed by atoms with Crippen molar-refractivity contribution in [3.63, 3.8) is 0 Å². The molecule has 7 nitrogen and oxygen atoms in total. The van der Waals surface area contributed by atoms with Crippen LogP contribution >= 0.6 is 0 Å². The highest BCUT2D eigenvalue weighted by Crippen LogP contribution is 2.33. The Morgan fingerprint density at radius 3 is 2.69 bits per heavy atom. The van der Waals surface area contributed by atoms with Gasteiger partial charge in [0.05, 0.1) is 13.2 Å². The second-order valence-corrected chi connectivity index (χ2v) is 7.03. The van der Waals surface area contributed by atoms with Gasteiger partial charge >= 0.3 is 0 Å². The molecule has 29 heavy (non-hydrogen) atoms. The topological polar surface area (TPSA) is 74.0 Å². The van der Waals surface area contributed by atoms with Crippen molar-refractivity contribution in [2.24, 2.45) is 0 Å². The van der Waals surface area contributed by atoms with Crippen LogP contribution in [-0.4, -0.2) is 49.4 Å². The Morgan fingerprint density at radius 2 is 1.93 bits per heavy atom. The fourth-order valence-corrected chi connectivity index (χ4v) is 3.66. The molecular formula is C22H24N2O5. The number of hydrogen-bond acceptors (Lipinski definition) is 6. The molecule has 1 atom stereocenters. The van der Waals surface area contributed by atoms with Gasteiger partial charge < -0.3 is 23.6 Å². The minimum Gasteiger partial charge on any atom is -0.496 e. The lowest BCUT2D eigenvalue weighted by Crippen LogP contribution is -2.43. The minimum atomic E-state index is -0.142. The Balaban J connectivity index is 1.45. The highest BCUT2D eigenvalue weighted by Gasteiger charge is 2.26. The summed E-state index contributed by atoms with van der Waals surface area (Å²) in [6.45, 7) is 1.46. The fraction of sp³-hybridized carbons (Fsp3) is 0.364. The molecule has 1 aliphatic heterocycles. The summed E-state index contributed by atoms with van der Waals surface area (Å²) in [5, 5.41) is 5.85. The molecule has 0 saturated carbocycles. The third-order valence-electron chi connectivity index (χ3n) is 5.21. The van der Waals surface area contributed by atoms with Crippen LogP contribution in [0.4, 0.5) is 0 Å². The molecule has 0 N–H and O–H groups in total. The number of aromatic nitrogens is 1. The van der Waals surface area contributed by atoms with E-state index in [4.69, 9.17) is 18.7 Å². The van der Waals surface area contributed by atoms with Gasteiger partial charge in [0.2, 0.25) is 0 Å². The third kappa shape index (κ3) is 4.05. The van der Waals surface area contributed by atoms with Crippen LogP contribution in [-0.2, 0) is 11.3 Å². The lowest BCUT2D eigenvalue weighted by atomic mass is 10.1. The zero-order valence-electron chi connectivity index (χ0n) is 16.6. The van der Waals surface area contributed by atoms with E-state index in [0.717, 1.165) is 29.4 Å². The van der Waals surface area contributed by atoms with Gasteiger partial charge in [0.1, 0.15) is 18.1 Å². The number of hydrogen-bond donors (Lipinski definition) is 0. The molecule has 2 heterocycles. The smallest absolute Gasteiger partial charge is 0.276 e. The number of nitrogens with zero attached hydrogens (tertiary/aromatic N) is 2. The van der Waals surface area contributed by atoms with Crippen LogP contribution in [0.5, 0.6) is 11.5 Å². The first kappa shape index (κ1) is 19.3. The third-order valence-corrected chi connectivity index (χ3v) is 5.21. The van der Waals surface area contributed by atoms with Gasteiger partial charge in [-0.3, -0.25) is 4.79 Å². The van der Waals surface area contributed by atoms with Gasteiger partial charge in [0.15, 0.2) is 11.5 Å². The van der Waals surface area contributed by atoms with Crippen LogP contribution in [0.15, 0.2) is 47.0 Å². The molecule has 1 fully saturated rings. The van der Waals surface area contributed by atoms with Crippen molar-refractivity contribution in [1.82, 2.24) is 10.1 Å². The largest absolute Gasteiger partial charge is 0.496 e. The summed E-state index contributed by atoms with van der Waals surface area (Å²) in [5.41, 5.74) is 0.292. The molecular weight excluding hydrogens is 372 g/mol. The number of piperidine rings is 1. The summed E-state index contributed by atoms with van der Waals surface area (Å²) in [6.07, 6.45) is 1.96. The normalized spacial score (nSPS) is 16.8. The van der Waals surface area contributed by atoms with E-state index in [1.807, 2.05) is 36.4 Å². The molecule has 0 radical (unpaired) electrons. The molecule has 7 heteroatoms. The average molecular weight is 396 g/mol. The van der Waals surface area contributed by atoms with E-state index in [1.165, 1.54) is 0 Å². The van der Waals surface area contributed by atoms with Crippen LogP contribution in [0.1, 0.15) is 29.1 Å². The maximum absolute atomic E-state index is 12.7. The highest BCUT2D eigenvalue weighted by molar-refractivity contribution is 5.93. The maximum atomic E-state index is 12.7.